The van der Waals surface area contributed by atoms with Crippen molar-refractivity contribution in [2.45, 2.75) is 19.9 Å². The van der Waals surface area contributed by atoms with Crippen LogP contribution in [0.15, 0.2) is 18.2 Å². The van der Waals surface area contributed by atoms with Gasteiger partial charge < -0.3 is 10.6 Å². The summed E-state index contributed by atoms with van der Waals surface area (Å²) >= 11 is 0. The molecule has 1 fully saturated rings. The maximum Gasteiger partial charge on any atom is 0.219 e. The van der Waals surface area contributed by atoms with Crippen LogP contribution < -0.4 is 5.73 Å². The number of nitrogens with zero attached hydrogens (tertiary/aromatic N) is 2. The molecule has 104 valence electrons. The van der Waals surface area contributed by atoms with Crippen LogP contribution in [0, 0.1) is 5.82 Å². The van der Waals surface area contributed by atoms with Gasteiger partial charge >= 0.3 is 0 Å². The molecule has 1 aromatic carbocycles. The first kappa shape index (κ1) is 13.8. The highest BCUT2D eigenvalue weighted by atomic mass is 19.1. The van der Waals surface area contributed by atoms with Crippen LogP contribution in [0.5, 0.6) is 0 Å². The van der Waals surface area contributed by atoms with E-state index in [9.17, 15) is 9.18 Å². The Bertz CT molecular complexity index is 470. The molecule has 1 saturated heterocycles. The number of nitrogen functional groups attached to an aromatic ring is 1. The number of carbonyl (C=O) groups is 1. The van der Waals surface area contributed by atoms with Crippen LogP contribution in [0.2, 0.25) is 0 Å². The number of anilines is 1. The Morgan fingerprint density at radius 3 is 2.53 bits per heavy atom. The number of benzene rings is 1. The van der Waals surface area contributed by atoms with Crippen molar-refractivity contribution in [3.8, 4) is 0 Å². The van der Waals surface area contributed by atoms with Crippen LogP contribution in [-0.4, -0.2) is 41.9 Å². The normalized spacial score (nSPS) is 18.4. The molecule has 1 aliphatic heterocycles. The second-order valence-corrected chi connectivity index (χ2v) is 4.97. The Morgan fingerprint density at radius 1 is 1.32 bits per heavy atom. The molecule has 2 rings (SSSR count). The van der Waals surface area contributed by atoms with E-state index in [0.29, 0.717) is 18.7 Å². The van der Waals surface area contributed by atoms with Crippen LogP contribution in [0.1, 0.15) is 25.5 Å². The lowest BCUT2D eigenvalue weighted by Gasteiger charge is -2.38. The van der Waals surface area contributed by atoms with E-state index in [2.05, 4.69) is 4.90 Å². The molecule has 0 unspecified atom stereocenters. The molecular formula is C14H20FN3O. The number of piperazine rings is 1. The third-order valence-corrected chi connectivity index (χ3v) is 3.82. The molecule has 1 aliphatic rings. The van der Waals surface area contributed by atoms with Gasteiger partial charge in [0.2, 0.25) is 5.91 Å². The minimum absolute atomic E-state index is 0.0300. The summed E-state index contributed by atoms with van der Waals surface area (Å²) in [5, 5.41) is 0. The highest BCUT2D eigenvalue weighted by molar-refractivity contribution is 5.73. The molecule has 1 heterocycles. The number of carbonyl (C=O) groups excluding carboxylic acids is 1. The van der Waals surface area contributed by atoms with Gasteiger partial charge in [0.15, 0.2) is 5.82 Å². The monoisotopic (exact) mass is 265 g/mol. The van der Waals surface area contributed by atoms with Crippen molar-refractivity contribution in [2.24, 2.45) is 0 Å². The largest absolute Gasteiger partial charge is 0.396 e. The van der Waals surface area contributed by atoms with E-state index in [1.54, 1.807) is 25.1 Å². The first-order valence-electron chi connectivity index (χ1n) is 6.54. The van der Waals surface area contributed by atoms with Crippen molar-refractivity contribution in [1.29, 1.82) is 0 Å². The van der Waals surface area contributed by atoms with Crippen molar-refractivity contribution in [2.75, 3.05) is 31.9 Å². The lowest BCUT2D eigenvalue weighted by Crippen LogP contribution is -2.48. The second-order valence-electron chi connectivity index (χ2n) is 4.97. The molecule has 19 heavy (non-hydrogen) atoms. The summed E-state index contributed by atoms with van der Waals surface area (Å²) in [4.78, 5) is 15.3. The fraction of sp³-hybridized carbons (Fsp3) is 0.500. The highest BCUT2D eigenvalue weighted by Gasteiger charge is 2.25. The van der Waals surface area contributed by atoms with Gasteiger partial charge in [0.1, 0.15) is 0 Å². The van der Waals surface area contributed by atoms with Gasteiger partial charge in [-0.2, -0.15) is 0 Å². The molecule has 0 saturated carbocycles. The number of hydrogen-bond acceptors (Lipinski definition) is 3. The van der Waals surface area contributed by atoms with E-state index in [1.807, 2.05) is 11.8 Å². The Labute approximate surface area is 113 Å². The first-order chi connectivity index (χ1) is 9.00. The average molecular weight is 265 g/mol. The van der Waals surface area contributed by atoms with Gasteiger partial charge in [-0.05, 0) is 13.0 Å². The smallest absolute Gasteiger partial charge is 0.219 e. The first-order valence-corrected chi connectivity index (χ1v) is 6.54. The SMILES string of the molecule is CC(=O)N1CCN([C@@H](C)c2cccc(N)c2F)CC1. The van der Waals surface area contributed by atoms with Crippen molar-refractivity contribution in [3.63, 3.8) is 0 Å². The maximum absolute atomic E-state index is 14.0. The number of halogens is 1. The number of rotatable bonds is 2. The van der Waals surface area contributed by atoms with Crippen LogP contribution in [0.3, 0.4) is 0 Å². The van der Waals surface area contributed by atoms with E-state index < -0.39 is 0 Å². The third-order valence-electron chi connectivity index (χ3n) is 3.82. The van der Waals surface area contributed by atoms with E-state index in [0.717, 1.165) is 13.1 Å². The lowest BCUT2D eigenvalue weighted by molar-refractivity contribution is -0.130. The van der Waals surface area contributed by atoms with Gasteiger partial charge in [-0.3, -0.25) is 9.69 Å². The fourth-order valence-corrected chi connectivity index (χ4v) is 2.51. The molecule has 4 nitrogen and oxygen atoms in total. The minimum Gasteiger partial charge on any atom is -0.396 e. The molecule has 5 heteroatoms. The maximum atomic E-state index is 14.0. The molecule has 0 bridgehead atoms. The van der Waals surface area contributed by atoms with Crippen molar-refractivity contribution >= 4 is 11.6 Å². The number of nitrogens with two attached hydrogens (primary N) is 1. The average Bonchev–Trinajstić information content (AvgIpc) is 2.41. The van der Waals surface area contributed by atoms with Crippen molar-refractivity contribution in [1.82, 2.24) is 9.80 Å². The zero-order valence-corrected chi connectivity index (χ0v) is 11.4. The molecule has 0 spiro atoms. The standard InChI is InChI=1S/C14H20FN3O/c1-10(12-4-3-5-13(16)14(12)15)17-6-8-18(9-7-17)11(2)19/h3-5,10H,6-9,16H2,1-2H3/t10-/m0/s1. The molecule has 0 radical (unpaired) electrons. The van der Waals surface area contributed by atoms with Crippen molar-refractivity contribution in [3.05, 3.63) is 29.6 Å². The van der Waals surface area contributed by atoms with Gasteiger partial charge in [0, 0.05) is 44.7 Å². The Balaban J connectivity index is 2.07. The Hall–Kier alpha value is -1.62. The van der Waals surface area contributed by atoms with Gasteiger partial charge in [0.25, 0.3) is 0 Å². The van der Waals surface area contributed by atoms with Gasteiger partial charge in [-0.1, -0.05) is 12.1 Å². The molecule has 0 aromatic heterocycles. The summed E-state index contributed by atoms with van der Waals surface area (Å²) in [6.07, 6.45) is 0. The van der Waals surface area contributed by atoms with Crippen LogP contribution in [0.4, 0.5) is 10.1 Å². The predicted molar refractivity (Wildman–Crippen MR) is 73.1 cm³/mol. The molecule has 1 atom stereocenters. The van der Waals surface area contributed by atoms with Gasteiger partial charge in [-0.25, -0.2) is 4.39 Å². The topological polar surface area (TPSA) is 49.6 Å². The molecule has 1 aromatic rings. The minimum atomic E-state index is -0.330. The number of amides is 1. The van der Waals surface area contributed by atoms with Crippen LogP contribution >= 0.6 is 0 Å². The summed E-state index contributed by atoms with van der Waals surface area (Å²) < 4.78 is 14.0. The summed E-state index contributed by atoms with van der Waals surface area (Å²) in [6.45, 7) is 6.47. The van der Waals surface area contributed by atoms with E-state index in [4.69, 9.17) is 5.73 Å². The Morgan fingerprint density at radius 2 is 1.95 bits per heavy atom. The zero-order chi connectivity index (χ0) is 14.0. The predicted octanol–water partition coefficient (Wildman–Crippen LogP) is 1.63. The second kappa shape index (κ2) is 5.57. The molecule has 2 N–H and O–H groups in total. The molecular weight excluding hydrogens is 245 g/mol. The summed E-state index contributed by atoms with van der Waals surface area (Å²) in [6, 6.07) is 5.08. The zero-order valence-electron chi connectivity index (χ0n) is 11.4. The fourth-order valence-electron chi connectivity index (χ4n) is 2.51. The summed E-state index contributed by atoms with van der Waals surface area (Å²) in [5.41, 5.74) is 6.41. The quantitative estimate of drug-likeness (QED) is 0.827. The number of hydrogen-bond donors (Lipinski definition) is 1. The van der Waals surface area contributed by atoms with Crippen LogP contribution in [-0.2, 0) is 4.79 Å². The van der Waals surface area contributed by atoms with E-state index in [1.165, 1.54) is 0 Å². The van der Waals surface area contributed by atoms with Gasteiger partial charge in [0.05, 0.1) is 5.69 Å². The summed E-state index contributed by atoms with van der Waals surface area (Å²) in [5.74, 6) is -0.230. The van der Waals surface area contributed by atoms with Gasteiger partial charge in [-0.15, -0.1) is 0 Å². The molecule has 1 amide bonds. The highest BCUT2D eigenvalue weighted by Crippen LogP contribution is 2.26. The van der Waals surface area contributed by atoms with Crippen molar-refractivity contribution < 1.29 is 9.18 Å². The van der Waals surface area contributed by atoms with E-state index >= 15 is 0 Å². The lowest BCUT2D eigenvalue weighted by atomic mass is 10.0. The summed E-state index contributed by atoms with van der Waals surface area (Å²) in [7, 11) is 0. The Kier molecular flexibility index (Phi) is 4.04. The van der Waals surface area contributed by atoms with E-state index in [-0.39, 0.29) is 23.5 Å². The molecule has 0 aliphatic carbocycles. The van der Waals surface area contributed by atoms with Crippen LogP contribution in [0.25, 0.3) is 0 Å². The third kappa shape index (κ3) is 2.87.